The standard InChI is InChI=1S/C16H30N2O4.Na.H/c1-2-3-4-5-6-7-8-9-10-11-15(20)18-13(16(21)22)12-14(17)19;;/h13H,2-12H2,1H3,(H2,17,19)(H,18,20)(H,21,22);;/q;+1;-1. The minimum absolute atomic E-state index is 0. The van der Waals surface area contributed by atoms with Gasteiger partial charge in [-0.25, -0.2) is 4.79 Å². The second-order valence-electron chi connectivity index (χ2n) is 5.71. The van der Waals surface area contributed by atoms with Gasteiger partial charge in [-0.05, 0) is 6.42 Å². The van der Waals surface area contributed by atoms with E-state index in [0.29, 0.717) is 6.42 Å². The average molecular weight is 338 g/mol. The van der Waals surface area contributed by atoms with Gasteiger partial charge >= 0.3 is 35.5 Å². The van der Waals surface area contributed by atoms with Crippen LogP contribution in [-0.2, 0) is 14.4 Å². The van der Waals surface area contributed by atoms with Crippen LogP contribution in [0.4, 0.5) is 0 Å². The Kier molecular flexibility index (Phi) is 17.4. The zero-order chi connectivity index (χ0) is 16.8. The third-order valence-corrected chi connectivity index (χ3v) is 3.55. The molecule has 0 saturated carbocycles. The molecule has 0 rings (SSSR count). The Morgan fingerprint density at radius 3 is 1.91 bits per heavy atom. The summed E-state index contributed by atoms with van der Waals surface area (Å²) in [5.74, 6) is -2.31. The maximum Gasteiger partial charge on any atom is 1.00 e. The van der Waals surface area contributed by atoms with Crippen molar-refractivity contribution in [2.45, 2.75) is 83.6 Å². The fourth-order valence-corrected chi connectivity index (χ4v) is 2.26. The fraction of sp³-hybridized carbons (Fsp3) is 0.812. The molecule has 1 unspecified atom stereocenters. The third-order valence-electron chi connectivity index (χ3n) is 3.55. The summed E-state index contributed by atoms with van der Waals surface area (Å²) in [4.78, 5) is 33.2. The summed E-state index contributed by atoms with van der Waals surface area (Å²) in [5.41, 5.74) is 4.95. The summed E-state index contributed by atoms with van der Waals surface area (Å²) >= 11 is 0. The summed E-state index contributed by atoms with van der Waals surface area (Å²) in [6.07, 6.45) is 10.3. The number of nitrogens with one attached hydrogen (secondary N) is 1. The van der Waals surface area contributed by atoms with E-state index in [1.54, 1.807) is 0 Å². The van der Waals surface area contributed by atoms with Crippen molar-refractivity contribution in [2.24, 2.45) is 5.73 Å². The van der Waals surface area contributed by atoms with Crippen LogP contribution < -0.4 is 40.6 Å². The van der Waals surface area contributed by atoms with Crippen LogP contribution in [0.1, 0.15) is 79.0 Å². The molecule has 6 nitrogen and oxygen atoms in total. The van der Waals surface area contributed by atoms with Gasteiger partial charge in [-0.3, -0.25) is 9.59 Å². The van der Waals surface area contributed by atoms with Crippen molar-refractivity contribution >= 4 is 17.8 Å². The first kappa shape index (κ1) is 24.7. The number of primary amides is 1. The van der Waals surface area contributed by atoms with E-state index in [2.05, 4.69) is 12.2 Å². The number of unbranched alkanes of at least 4 members (excludes halogenated alkanes) is 8. The molecule has 0 bridgehead atoms. The smallest absolute Gasteiger partial charge is 1.00 e. The summed E-state index contributed by atoms with van der Waals surface area (Å²) in [6, 6.07) is -1.22. The van der Waals surface area contributed by atoms with E-state index in [1.165, 1.54) is 38.5 Å². The molecule has 0 heterocycles. The van der Waals surface area contributed by atoms with E-state index in [-0.39, 0.29) is 43.3 Å². The van der Waals surface area contributed by atoms with Crippen LogP contribution >= 0.6 is 0 Å². The van der Waals surface area contributed by atoms with Crippen molar-refractivity contribution < 1.29 is 50.5 Å². The van der Waals surface area contributed by atoms with Crippen molar-refractivity contribution in [1.82, 2.24) is 5.32 Å². The van der Waals surface area contributed by atoms with Gasteiger partial charge < -0.3 is 17.6 Å². The van der Waals surface area contributed by atoms with Crippen molar-refractivity contribution in [1.29, 1.82) is 0 Å². The topological polar surface area (TPSA) is 109 Å². The normalized spacial score (nSPS) is 11.3. The third kappa shape index (κ3) is 16.1. The van der Waals surface area contributed by atoms with E-state index in [0.717, 1.165) is 19.3 Å². The van der Waals surface area contributed by atoms with Gasteiger partial charge in [0.25, 0.3) is 0 Å². The minimum atomic E-state index is -1.24. The molecule has 0 radical (unpaired) electrons. The van der Waals surface area contributed by atoms with Gasteiger partial charge in [-0.2, -0.15) is 0 Å². The number of aliphatic carboxylic acids is 1. The average Bonchev–Trinajstić information content (AvgIpc) is 2.44. The number of nitrogens with two attached hydrogens (primary N) is 1. The number of rotatable bonds is 14. The first-order chi connectivity index (χ1) is 10.5. The van der Waals surface area contributed by atoms with E-state index in [1.807, 2.05) is 0 Å². The number of carboxylic acids is 1. The van der Waals surface area contributed by atoms with Gasteiger partial charge in [0.1, 0.15) is 6.04 Å². The van der Waals surface area contributed by atoms with Crippen molar-refractivity contribution in [3.05, 3.63) is 0 Å². The maximum absolute atomic E-state index is 11.6. The first-order valence-electron chi connectivity index (χ1n) is 8.27. The molecule has 0 saturated heterocycles. The van der Waals surface area contributed by atoms with Crippen LogP contribution in [0.5, 0.6) is 0 Å². The van der Waals surface area contributed by atoms with Crippen LogP contribution in [0.3, 0.4) is 0 Å². The van der Waals surface area contributed by atoms with Crippen molar-refractivity contribution in [3.8, 4) is 0 Å². The number of carboxylic acid groups (broad SMARTS) is 1. The molecule has 4 N–H and O–H groups in total. The molecule has 0 fully saturated rings. The maximum atomic E-state index is 11.6. The Labute approximate surface area is 162 Å². The van der Waals surface area contributed by atoms with Gasteiger partial charge in [0.15, 0.2) is 0 Å². The summed E-state index contributed by atoms with van der Waals surface area (Å²) < 4.78 is 0. The largest absolute Gasteiger partial charge is 1.00 e. The summed E-state index contributed by atoms with van der Waals surface area (Å²) in [6.45, 7) is 2.20. The molecule has 23 heavy (non-hydrogen) atoms. The molecule has 7 heteroatoms. The van der Waals surface area contributed by atoms with Gasteiger partial charge in [-0.1, -0.05) is 58.3 Å². The zero-order valence-electron chi connectivity index (χ0n) is 15.6. The molecular weight excluding hydrogens is 307 g/mol. The predicted molar refractivity (Wildman–Crippen MR) is 86.3 cm³/mol. The molecule has 2 amide bonds. The van der Waals surface area contributed by atoms with E-state index < -0.39 is 17.9 Å². The molecule has 0 aliphatic heterocycles. The van der Waals surface area contributed by atoms with Gasteiger partial charge in [0.2, 0.25) is 11.8 Å². The Balaban J connectivity index is -0.00000220. The molecule has 0 aliphatic rings. The van der Waals surface area contributed by atoms with Crippen LogP contribution in [0.25, 0.3) is 0 Å². The second-order valence-corrected chi connectivity index (χ2v) is 5.71. The van der Waals surface area contributed by atoms with Crippen LogP contribution in [0.15, 0.2) is 0 Å². The van der Waals surface area contributed by atoms with E-state index >= 15 is 0 Å². The van der Waals surface area contributed by atoms with Gasteiger partial charge in [0.05, 0.1) is 6.42 Å². The molecule has 0 aliphatic carbocycles. The number of carbonyl (C=O) groups is 3. The number of amides is 2. The molecule has 1 atom stereocenters. The fourth-order valence-electron chi connectivity index (χ4n) is 2.26. The van der Waals surface area contributed by atoms with Crippen LogP contribution in [0, 0.1) is 0 Å². The Morgan fingerprint density at radius 1 is 1.00 bits per heavy atom. The van der Waals surface area contributed by atoms with Gasteiger partial charge in [0, 0.05) is 6.42 Å². The van der Waals surface area contributed by atoms with Crippen LogP contribution in [-0.4, -0.2) is 28.9 Å². The summed E-state index contributed by atoms with van der Waals surface area (Å²) in [7, 11) is 0. The molecule has 130 valence electrons. The SMILES string of the molecule is CCCCCCCCCCCC(=O)NC(CC(N)=O)C(=O)O.[H-].[Na+]. The molecular formula is C16H31N2NaO4. The first-order valence-corrected chi connectivity index (χ1v) is 8.27. The molecule has 0 aromatic rings. The van der Waals surface area contributed by atoms with Crippen LogP contribution in [0.2, 0.25) is 0 Å². The monoisotopic (exact) mass is 338 g/mol. The van der Waals surface area contributed by atoms with Gasteiger partial charge in [-0.15, -0.1) is 0 Å². The number of carbonyl (C=O) groups excluding carboxylic acids is 2. The Morgan fingerprint density at radius 2 is 1.48 bits per heavy atom. The quantitative estimate of drug-likeness (QED) is 0.292. The zero-order valence-corrected chi connectivity index (χ0v) is 16.6. The minimum Gasteiger partial charge on any atom is -1.00 e. The number of hydrogen-bond acceptors (Lipinski definition) is 3. The Bertz CT molecular complexity index is 357. The van der Waals surface area contributed by atoms with E-state index in [9.17, 15) is 14.4 Å². The van der Waals surface area contributed by atoms with Crippen molar-refractivity contribution in [3.63, 3.8) is 0 Å². The van der Waals surface area contributed by atoms with E-state index in [4.69, 9.17) is 10.8 Å². The van der Waals surface area contributed by atoms with Crippen molar-refractivity contribution in [2.75, 3.05) is 0 Å². The molecule has 0 aromatic heterocycles. The summed E-state index contributed by atoms with van der Waals surface area (Å²) in [5, 5.41) is 11.2. The molecule has 0 aromatic carbocycles. The number of hydrogen-bond donors (Lipinski definition) is 3. The second kappa shape index (κ2) is 16.3. The Hall–Kier alpha value is -0.590. The molecule has 0 spiro atoms. The predicted octanol–water partition coefficient (Wildman–Crippen LogP) is -0.531.